The molecule has 6 nitrogen and oxygen atoms in total. The first-order valence-electron chi connectivity index (χ1n) is 7.91. The van der Waals surface area contributed by atoms with E-state index in [1.807, 2.05) is 31.2 Å². The van der Waals surface area contributed by atoms with Crippen molar-refractivity contribution in [2.24, 2.45) is 0 Å². The van der Waals surface area contributed by atoms with Crippen molar-refractivity contribution in [2.75, 3.05) is 24.3 Å². The van der Waals surface area contributed by atoms with Crippen LogP contribution in [0.5, 0.6) is 5.75 Å². The molecule has 2 aromatic carbocycles. The van der Waals surface area contributed by atoms with Gasteiger partial charge in [0.15, 0.2) is 0 Å². The third-order valence-corrected chi connectivity index (χ3v) is 3.23. The lowest BCUT2D eigenvalue weighted by Gasteiger charge is -2.07. The zero-order valence-corrected chi connectivity index (χ0v) is 14.2. The maximum Gasteiger partial charge on any atom is 0.318 e. The first-order chi connectivity index (χ1) is 12.1. The number of nitrogens with one attached hydrogen (secondary N) is 3. The summed E-state index contributed by atoms with van der Waals surface area (Å²) in [5, 5.41) is 7.87. The summed E-state index contributed by atoms with van der Waals surface area (Å²) in [6.07, 6.45) is 3.17. The highest BCUT2D eigenvalue weighted by Crippen LogP contribution is 2.16. The van der Waals surface area contributed by atoms with Crippen molar-refractivity contribution in [2.45, 2.75) is 6.92 Å². The zero-order chi connectivity index (χ0) is 18.1. The average molecular weight is 339 g/mol. The van der Waals surface area contributed by atoms with E-state index in [9.17, 15) is 9.59 Å². The number of urea groups is 1. The molecule has 0 unspecified atom stereocenters. The Morgan fingerprint density at radius 3 is 2.36 bits per heavy atom. The number of hydrogen-bond donors (Lipinski definition) is 3. The van der Waals surface area contributed by atoms with Crippen LogP contribution in [0.25, 0.3) is 6.08 Å². The normalized spacial score (nSPS) is 10.3. The van der Waals surface area contributed by atoms with Crippen molar-refractivity contribution in [3.05, 3.63) is 60.2 Å². The first-order valence-corrected chi connectivity index (χ1v) is 7.91. The molecule has 25 heavy (non-hydrogen) atoms. The summed E-state index contributed by atoms with van der Waals surface area (Å²) in [6, 6.07) is 14.1. The molecule has 2 rings (SSSR count). The highest BCUT2D eigenvalue weighted by molar-refractivity contribution is 6.02. The molecule has 0 saturated carbocycles. The number of carbonyl (C=O) groups excluding carboxylic acids is 2. The monoisotopic (exact) mass is 339 g/mol. The molecule has 0 spiro atoms. The Morgan fingerprint density at radius 1 is 1.04 bits per heavy atom. The van der Waals surface area contributed by atoms with Crippen molar-refractivity contribution in [1.29, 1.82) is 0 Å². The summed E-state index contributed by atoms with van der Waals surface area (Å²) in [5.74, 6) is 0.538. The molecule has 0 radical (unpaired) electrons. The van der Waals surface area contributed by atoms with Gasteiger partial charge in [0.1, 0.15) is 5.75 Å². The summed E-state index contributed by atoms with van der Waals surface area (Å²) in [7, 11) is 1.53. The molecule has 3 N–H and O–H groups in total. The molecule has 130 valence electrons. The lowest BCUT2D eigenvalue weighted by atomic mass is 10.2. The smallest absolute Gasteiger partial charge is 0.318 e. The topological polar surface area (TPSA) is 79.5 Å². The molecule has 3 amide bonds. The van der Waals surface area contributed by atoms with Crippen LogP contribution in [0.1, 0.15) is 12.5 Å². The van der Waals surface area contributed by atoms with Gasteiger partial charge in [-0.2, -0.15) is 0 Å². The van der Waals surface area contributed by atoms with Crippen LogP contribution >= 0.6 is 0 Å². The van der Waals surface area contributed by atoms with Crippen molar-refractivity contribution in [3.8, 4) is 5.75 Å². The van der Waals surface area contributed by atoms with Crippen LogP contribution in [-0.4, -0.2) is 25.6 Å². The SMILES string of the molecule is CCOc1ccc(/C=C/C(=O)Nc2cccc(NC(=O)NC)c2)cc1. The third kappa shape index (κ3) is 6.02. The molecule has 0 aliphatic carbocycles. The van der Waals surface area contributed by atoms with Crippen LogP contribution in [0.15, 0.2) is 54.6 Å². The Balaban J connectivity index is 1.95. The lowest BCUT2D eigenvalue weighted by Crippen LogP contribution is -2.24. The van der Waals surface area contributed by atoms with Gasteiger partial charge in [-0.15, -0.1) is 0 Å². The molecule has 0 aliphatic heterocycles. The summed E-state index contributed by atoms with van der Waals surface area (Å²) >= 11 is 0. The summed E-state index contributed by atoms with van der Waals surface area (Å²) in [5.41, 5.74) is 2.08. The Kier molecular flexibility index (Phi) is 6.59. The fraction of sp³-hybridized carbons (Fsp3) is 0.158. The molecule has 0 bridgehead atoms. The summed E-state index contributed by atoms with van der Waals surface area (Å²) < 4.78 is 5.37. The van der Waals surface area contributed by atoms with E-state index in [4.69, 9.17) is 4.74 Å². The van der Waals surface area contributed by atoms with Gasteiger partial charge in [0.2, 0.25) is 5.91 Å². The maximum absolute atomic E-state index is 12.0. The zero-order valence-electron chi connectivity index (χ0n) is 14.2. The van der Waals surface area contributed by atoms with E-state index in [0.717, 1.165) is 11.3 Å². The summed E-state index contributed by atoms with van der Waals surface area (Å²) in [6.45, 7) is 2.54. The second-order valence-electron chi connectivity index (χ2n) is 5.11. The Labute approximate surface area is 146 Å². The molecule has 0 aromatic heterocycles. The Hall–Kier alpha value is -3.28. The van der Waals surface area contributed by atoms with Crippen LogP contribution in [0.3, 0.4) is 0 Å². The van der Waals surface area contributed by atoms with E-state index in [1.54, 1.807) is 30.3 Å². The van der Waals surface area contributed by atoms with Crippen LogP contribution < -0.4 is 20.7 Å². The maximum atomic E-state index is 12.0. The van der Waals surface area contributed by atoms with Gasteiger partial charge in [-0.3, -0.25) is 4.79 Å². The van der Waals surface area contributed by atoms with Gasteiger partial charge >= 0.3 is 6.03 Å². The van der Waals surface area contributed by atoms with E-state index in [-0.39, 0.29) is 11.9 Å². The molecule has 0 heterocycles. The Bertz CT molecular complexity index is 755. The van der Waals surface area contributed by atoms with Gasteiger partial charge in [0.05, 0.1) is 6.61 Å². The molecule has 0 saturated heterocycles. The van der Waals surface area contributed by atoms with E-state index < -0.39 is 0 Å². The standard InChI is InChI=1S/C19H21N3O3/c1-3-25-17-10-7-14(8-11-17)9-12-18(23)21-15-5-4-6-16(13-15)22-19(24)20-2/h4-13H,3H2,1-2H3,(H,21,23)(H2,20,22,24)/b12-9+. The molecule has 0 aliphatic rings. The van der Waals surface area contributed by atoms with Gasteiger partial charge in [0.25, 0.3) is 0 Å². The van der Waals surface area contributed by atoms with Crippen molar-refractivity contribution >= 4 is 29.4 Å². The van der Waals surface area contributed by atoms with E-state index >= 15 is 0 Å². The predicted octanol–water partition coefficient (Wildman–Crippen LogP) is 3.49. The van der Waals surface area contributed by atoms with Gasteiger partial charge in [-0.05, 0) is 48.9 Å². The van der Waals surface area contributed by atoms with Crippen molar-refractivity contribution in [3.63, 3.8) is 0 Å². The number of ether oxygens (including phenoxy) is 1. The Morgan fingerprint density at radius 2 is 1.72 bits per heavy atom. The minimum absolute atomic E-state index is 0.258. The van der Waals surface area contributed by atoms with E-state index in [1.165, 1.54) is 13.1 Å². The average Bonchev–Trinajstić information content (AvgIpc) is 2.61. The van der Waals surface area contributed by atoms with Crippen LogP contribution in [0, 0.1) is 0 Å². The number of carbonyl (C=O) groups is 2. The molecule has 6 heteroatoms. The van der Waals surface area contributed by atoms with Gasteiger partial charge in [0, 0.05) is 24.5 Å². The van der Waals surface area contributed by atoms with Crippen molar-refractivity contribution in [1.82, 2.24) is 5.32 Å². The summed E-state index contributed by atoms with van der Waals surface area (Å²) in [4.78, 5) is 23.3. The number of hydrogen-bond acceptors (Lipinski definition) is 3. The molecule has 2 aromatic rings. The molecular weight excluding hydrogens is 318 g/mol. The largest absolute Gasteiger partial charge is 0.494 e. The second kappa shape index (κ2) is 9.12. The van der Waals surface area contributed by atoms with Gasteiger partial charge < -0.3 is 20.7 Å². The van der Waals surface area contributed by atoms with E-state index in [2.05, 4.69) is 16.0 Å². The molecule has 0 atom stereocenters. The molecular formula is C19H21N3O3. The van der Waals surface area contributed by atoms with Crippen molar-refractivity contribution < 1.29 is 14.3 Å². The highest BCUT2D eigenvalue weighted by Gasteiger charge is 2.02. The highest BCUT2D eigenvalue weighted by atomic mass is 16.5. The first kappa shape index (κ1) is 18.1. The third-order valence-electron chi connectivity index (χ3n) is 3.23. The minimum atomic E-state index is -0.320. The van der Waals surface area contributed by atoms with Gasteiger partial charge in [-0.25, -0.2) is 4.79 Å². The second-order valence-corrected chi connectivity index (χ2v) is 5.11. The lowest BCUT2D eigenvalue weighted by molar-refractivity contribution is -0.111. The predicted molar refractivity (Wildman–Crippen MR) is 99.8 cm³/mol. The van der Waals surface area contributed by atoms with Crippen LogP contribution in [0.2, 0.25) is 0 Å². The van der Waals surface area contributed by atoms with Gasteiger partial charge in [-0.1, -0.05) is 18.2 Å². The van der Waals surface area contributed by atoms with E-state index in [0.29, 0.717) is 18.0 Å². The fourth-order valence-corrected chi connectivity index (χ4v) is 2.07. The molecule has 0 fully saturated rings. The van der Waals surface area contributed by atoms with Crippen LogP contribution in [0.4, 0.5) is 16.2 Å². The number of anilines is 2. The van der Waals surface area contributed by atoms with Crippen LogP contribution in [-0.2, 0) is 4.79 Å². The quantitative estimate of drug-likeness (QED) is 0.705. The number of benzene rings is 2. The number of amides is 3. The fourth-order valence-electron chi connectivity index (χ4n) is 2.07. The number of rotatable bonds is 6. The minimum Gasteiger partial charge on any atom is -0.494 e.